The Hall–Kier alpha value is -2.22. The second-order valence-electron chi connectivity index (χ2n) is 6.41. The summed E-state index contributed by atoms with van der Waals surface area (Å²) >= 11 is 0. The predicted molar refractivity (Wildman–Crippen MR) is 87.3 cm³/mol. The quantitative estimate of drug-likeness (QED) is 0.779. The van der Waals surface area contributed by atoms with Crippen molar-refractivity contribution in [2.24, 2.45) is 0 Å². The van der Waals surface area contributed by atoms with Crippen molar-refractivity contribution in [1.29, 1.82) is 0 Å². The lowest BCUT2D eigenvalue weighted by atomic mass is 9.81. The Bertz CT molecular complexity index is 681. The van der Waals surface area contributed by atoms with E-state index in [1.807, 2.05) is 6.07 Å². The highest BCUT2D eigenvalue weighted by Crippen LogP contribution is 2.38. The monoisotopic (exact) mass is 332 g/mol. The van der Waals surface area contributed by atoms with Gasteiger partial charge in [-0.3, -0.25) is 10.1 Å². The molecule has 0 bridgehead atoms. The number of halogens is 1. The molecule has 2 aromatic heterocycles. The van der Waals surface area contributed by atoms with Crippen LogP contribution in [0.1, 0.15) is 37.3 Å². The number of rotatable bonds is 5. The van der Waals surface area contributed by atoms with Gasteiger partial charge in [0.25, 0.3) is 0 Å². The SMILES string of the molecule is FC1CC(c2cc(Nc3cncc(OC4CCNCC4)n3)n[nH]2)C1. The van der Waals surface area contributed by atoms with E-state index < -0.39 is 6.17 Å². The van der Waals surface area contributed by atoms with Gasteiger partial charge in [0.05, 0.1) is 12.4 Å². The van der Waals surface area contributed by atoms with Crippen molar-refractivity contribution < 1.29 is 9.13 Å². The number of nitrogens with one attached hydrogen (secondary N) is 3. The van der Waals surface area contributed by atoms with Gasteiger partial charge in [-0.2, -0.15) is 10.1 Å². The highest BCUT2D eigenvalue weighted by Gasteiger charge is 2.31. The van der Waals surface area contributed by atoms with E-state index in [2.05, 4.69) is 30.8 Å². The Morgan fingerprint density at radius 1 is 1.17 bits per heavy atom. The summed E-state index contributed by atoms with van der Waals surface area (Å²) in [4.78, 5) is 8.60. The minimum Gasteiger partial charge on any atom is -0.473 e. The van der Waals surface area contributed by atoms with Crippen LogP contribution in [0.3, 0.4) is 0 Å². The van der Waals surface area contributed by atoms with Gasteiger partial charge < -0.3 is 15.4 Å². The van der Waals surface area contributed by atoms with E-state index in [-0.39, 0.29) is 12.0 Å². The molecule has 0 spiro atoms. The molecule has 24 heavy (non-hydrogen) atoms. The predicted octanol–water partition coefficient (Wildman–Crippen LogP) is 2.29. The van der Waals surface area contributed by atoms with Crippen molar-refractivity contribution >= 4 is 11.6 Å². The van der Waals surface area contributed by atoms with E-state index in [0.717, 1.165) is 31.6 Å². The van der Waals surface area contributed by atoms with Crippen LogP contribution in [0.15, 0.2) is 18.5 Å². The Labute approximate surface area is 139 Å². The molecule has 2 aromatic rings. The minimum absolute atomic E-state index is 0.181. The standard InChI is InChI=1S/C16H21FN6O/c17-11-5-10(6-11)13-7-14(23-22-13)20-15-8-19-9-16(21-15)24-12-1-3-18-4-2-12/h7-12,18H,1-6H2,(H2,20,21,22,23). The molecule has 0 atom stereocenters. The zero-order valence-corrected chi connectivity index (χ0v) is 13.3. The van der Waals surface area contributed by atoms with Gasteiger partial charge in [-0.25, -0.2) is 4.39 Å². The molecule has 0 aromatic carbocycles. The maximum absolute atomic E-state index is 13.0. The molecular formula is C16H21FN6O. The van der Waals surface area contributed by atoms with Crippen LogP contribution in [0.5, 0.6) is 5.88 Å². The Kier molecular flexibility index (Phi) is 4.29. The molecule has 2 aliphatic rings. The first-order chi connectivity index (χ1) is 11.8. The van der Waals surface area contributed by atoms with Gasteiger partial charge >= 0.3 is 0 Å². The lowest BCUT2D eigenvalue weighted by Gasteiger charge is -2.28. The van der Waals surface area contributed by atoms with Crippen molar-refractivity contribution in [3.8, 4) is 5.88 Å². The minimum atomic E-state index is -0.676. The number of aromatic amines is 1. The highest BCUT2D eigenvalue weighted by atomic mass is 19.1. The number of ether oxygens (including phenoxy) is 1. The van der Waals surface area contributed by atoms with Crippen LogP contribution in [0.25, 0.3) is 0 Å². The molecule has 1 aliphatic carbocycles. The number of nitrogens with zero attached hydrogens (tertiary/aromatic N) is 3. The van der Waals surface area contributed by atoms with Crippen molar-refractivity contribution in [2.45, 2.75) is 43.9 Å². The molecular weight excluding hydrogens is 311 g/mol. The second-order valence-corrected chi connectivity index (χ2v) is 6.41. The summed E-state index contributed by atoms with van der Waals surface area (Å²) in [7, 11) is 0. The molecule has 1 saturated carbocycles. The van der Waals surface area contributed by atoms with E-state index in [4.69, 9.17) is 4.74 Å². The molecule has 2 fully saturated rings. The summed E-state index contributed by atoms with van der Waals surface area (Å²) in [6.07, 6.45) is 5.84. The summed E-state index contributed by atoms with van der Waals surface area (Å²) in [5.74, 6) is 1.99. The number of aromatic nitrogens is 4. The molecule has 0 amide bonds. The van der Waals surface area contributed by atoms with Crippen molar-refractivity contribution in [2.75, 3.05) is 18.4 Å². The number of hydrogen-bond donors (Lipinski definition) is 3. The van der Waals surface area contributed by atoms with E-state index >= 15 is 0 Å². The van der Waals surface area contributed by atoms with Crippen LogP contribution in [0, 0.1) is 0 Å². The average Bonchev–Trinajstić information content (AvgIpc) is 3.01. The molecule has 7 nitrogen and oxygen atoms in total. The molecule has 1 aliphatic heterocycles. The summed E-state index contributed by atoms with van der Waals surface area (Å²) in [6, 6.07) is 1.90. The van der Waals surface area contributed by atoms with E-state index in [1.165, 1.54) is 0 Å². The largest absolute Gasteiger partial charge is 0.473 e. The molecule has 1 saturated heterocycles. The fourth-order valence-electron chi connectivity index (χ4n) is 3.09. The van der Waals surface area contributed by atoms with Crippen LogP contribution in [0.4, 0.5) is 16.0 Å². The van der Waals surface area contributed by atoms with Crippen molar-refractivity contribution in [3.63, 3.8) is 0 Å². The Morgan fingerprint density at radius 2 is 2.00 bits per heavy atom. The van der Waals surface area contributed by atoms with Crippen LogP contribution in [-0.4, -0.2) is 45.5 Å². The molecule has 0 unspecified atom stereocenters. The zero-order valence-electron chi connectivity index (χ0n) is 13.3. The first-order valence-electron chi connectivity index (χ1n) is 8.42. The van der Waals surface area contributed by atoms with Crippen LogP contribution in [-0.2, 0) is 0 Å². The topological polar surface area (TPSA) is 87.8 Å². The average molecular weight is 332 g/mol. The molecule has 4 rings (SSSR count). The third-order valence-corrected chi connectivity index (χ3v) is 4.56. The van der Waals surface area contributed by atoms with Gasteiger partial charge in [-0.15, -0.1) is 0 Å². The highest BCUT2D eigenvalue weighted by molar-refractivity contribution is 5.51. The van der Waals surface area contributed by atoms with Gasteiger partial charge in [-0.05, 0) is 38.8 Å². The lowest BCUT2D eigenvalue weighted by molar-refractivity contribution is 0.155. The van der Waals surface area contributed by atoms with Crippen molar-refractivity contribution in [3.05, 3.63) is 24.2 Å². The number of H-pyrrole nitrogens is 1. The fraction of sp³-hybridized carbons (Fsp3) is 0.562. The fourth-order valence-corrected chi connectivity index (χ4v) is 3.09. The Morgan fingerprint density at radius 3 is 2.79 bits per heavy atom. The number of piperidine rings is 1. The van der Waals surface area contributed by atoms with E-state index in [9.17, 15) is 4.39 Å². The van der Waals surface area contributed by atoms with E-state index in [1.54, 1.807) is 12.4 Å². The normalized spacial score (nSPS) is 24.4. The second kappa shape index (κ2) is 6.72. The molecule has 128 valence electrons. The van der Waals surface area contributed by atoms with Gasteiger partial charge in [0, 0.05) is 17.7 Å². The molecule has 8 heteroatoms. The van der Waals surface area contributed by atoms with Gasteiger partial charge in [0.15, 0.2) is 11.6 Å². The Balaban J connectivity index is 1.38. The van der Waals surface area contributed by atoms with E-state index in [0.29, 0.717) is 30.4 Å². The lowest BCUT2D eigenvalue weighted by Crippen LogP contribution is -2.34. The third kappa shape index (κ3) is 3.48. The summed E-state index contributed by atoms with van der Waals surface area (Å²) in [6.45, 7) is 1.93. The van der Waals surface area contributed by atoms with Crippen LogP contribution >= 0.6 is 0 Å². The van der Waals surface area contributed by atoms with Gasteiger partial charge in [0.2, 0.25) is 5.88 Å². The van der Waals surface area contributed by atoms with Crippen molar-refractivity contribution in [1.82, 2.24) is 25.5 Å². The van der Waals surface area contributed by atoms with Crippen LogP contribution in [0.2, 0.25) is 0 Å². The van der Waals surface area contributed by atoms with Gasteiger partial charge in [-0.1, -0.05) is 0 Å². The third-order valence-electron chi connectivity index (χ3n) is 4.56. The molecule has 0 radical (unpaired) electrons. The number of anilines is 2. The maximum atomic E-state index is 13.0. The smallest absolute Gasteiger partial charge is 0.234 e. The number of alkyl halides is 1. The molecule has 3 N–H and O–H groups in total. The first kappa shape index (κ1) is 15.3. The molecule has 3 heterocycles. The first-order valence-corrected chi connectivity index (χ1v) is 8.42. The summed E-state index contributed by atoms with van der Waals surface area (Å²) in [5.41, 5.74) is 0.960. The summed E-state index contributed by atoms with van der Waals surface area (Å²) in [5, 5.41) is 13.6. The van der Waals surface area contributed by atoms with Gasteiger partial charge in [0.1, 0.15) is 12.3 Å². The number of hydrogen-bond acceptors (Lipinski definition) is 6. The van der Waals surface area contributed by atoms with Crippen LogP contribution < -0.4 is 15.4 Å². The summed E-state index contributed by atoms with van der Waals surface area (Å²) < 4.78 is 18.8. The maximum Gasteiger partial charge on any atom is 0.234 e. The zero-order chi connectivity index (χ0) is 16.4.